The Bertz CT molecular complexity index is 796. The quantitative estimate of drug-likeness (QED) is 0.883. The van der Waals surface area contributed by atoms with Crippen molar-refractivity contribution in [3.63, 3.8) is 0 Å². The van der Waals surface area contributed by atoms with Gasteiger partial charge >= 0.3 is 6.03 Å². The van der Waals surface area contributed by atoms with Crippen LogP contribution in [0.15, 0.2) is 47.2 Å². The first-order valence-electron chi connectivity index (χ1n) is 9.17. The Hall–Kier alpha value is -2.38. The second-order valence-corrected chi connectivity index (χ2v) is 7.87. The molecule has 6 nitrogen and oxygen atoms in total. The number of hydrogen-bond acceptors (Lipinski definition) is 4. The third-order valence-electron chi connectivity index (χ3n) is 5.19. The van der Waals surface area contributed by atoms with E-state index in [4.69, 9.17) is 4.74 Å². The van der Waals surface area contributed by atoms with Gasteiger partial charge in [-0.1, -0.05) is 30.3 Å². The lowest BCUT2D eigenvalue weighted by molar-refractivity contribution is -0.0880. The number of rotatable bonds is 3. The van der Waals surface area contributed by atoms with Gasteiger partial charge in [-0.25, -0.2) is 4.79 Å². The number of likely N-dealkylation sites (tertiary alicyclic amines) is 1. The van der Waals surface area contributed by atoms with E-state index >= 15 is 0 Å². The molecule has 0 aliphatic carbocycles. The van der Waals surface area contributed by atoms with Gasteiger partial charge in [0.05, 0.1) is 25.3 Å². The van der Waals surface area contributed by atoms with Crippen LogP contribution in [0, 0.1) is 0 Å². The zero-order valence-electron chi connectivity index (χ0n) is 15.1. The van der Waals surface area contributed by atoms with Crippen molar-refractivity contribution in [3.8, 4) is 0 Å². The number of nitrogens with zero attached hydrogens (tertiary/aromatic N) is 2. The summed E-state index contributed by atoms with van der Waals surface area (Å²) in [5.41, 5.74) is 1.35. The number of morpholine rings is 1. The lowest BCUT2D eigenvalue weighted by Gasteiger charge is -2.40. The molecule has 2 aliphatic rings. The number of hydrogen-bond donors (Lipinski definition) is 1. The molecule has 1 N–H and O–H groups in total. The molecule has 1 aromatic carbocycles. The molecule has 27 heavy (non-hydrogen) atoms. The average Bonchev–Trinajstić information content (AvgIpc) is 3.37. The maximum absolute atomic E-state index is 12.6. The Labute approximate surface area is 162 Å². The summed E-state index contributed by atoms with van der Waals surface area (Å²) in [6, 6.07) is 11.6. The van der Waals surface area contributed by atoms with Crippen LogP contribution in [-0.4, -0.2) is 60.1 Å². The fraction of sp³-hybridized carbons (Fsp3) is 0.400. The molecule has 4 rings (SSSR count). The third kappa shape index (κ3) is 3.99. The minimum Gasteiger partial charge on any atom is -0.369 e. The minimum atomic E-state index is -0.450. The molecule has 2 aliphatic heterocycles. The average molecular weight is 385 g/mol. The number of carbonyl (C=O) groups is 2. The molecular weight excluding hydrogens is 362 g/mol. The summed E-state index contributed by atoms with van der Waals surface area (Å²) < 4.78 is 6.05. The van der Waals surface area contributed by atoms with Crippen molar-refractivity contribution in [1.82, 2.24) is 15.1 Å². The Morgan fingerprint density at radius 2 is 1.93 bits per heavy atom. The molecule has 1 aromatic heterocycles. The first kappa shape index (κ1) is 18.0. The van der Waals surface area contributed by atoms with E-state index < -0.39 is 5.60 Å². The van der Waals surface area contributed by atoms with Crippen LogP contribution in [0.25, 0.3) is 0 Å². The molecule has 3 heterocycles. The van der Waals surface area contributed by atoms with Gasteiger partial charge in [0, 0.05) is 25.0 Å². The Balaban J connectivity index is 1.35. The second kappa shape index (κ2) is 7.70. The molecule has 0 saturated carbocycles. The van der Waals surface area contributed by atoms with Crippen LogP contribution in [0.5, 0.6) is 0 Å². The van der Waals surface area contributed by atoms with Crippen molar-refractivity contribution in [3.05, 3.63) is 58.3 Å². The van der Waals surface area contributed by atoms with Gasteiger partial charge in [-0.15, -0.1) is 0 Å². The van der Waals surface area contributed by atoms with E-state index in [0.29, 0.717) is 39.3 Å². The van der Waals surface area contributed by atoms with Crippen LogP contribution >= 0.6 is 11.3 Å². The van der Waals surface area contributed by atoms with Gasteiger partial charge < -0.3 is 19.9 Å². The number of ether oxygens (including phenoxy) is 1. The summed E-state index contributed by atoms with van der Waals surface area (Å²) >= 11 is 1.52. The van der Waals surface area contributed by atoms with Gasteiger partial charge in [-0.3, -0.25) is 4.79 Å². The van der Waals surface area contributed by atoms with Crippen molar-refractivity contribution in [2.75, 3.05) is 32.8 Å². The van der Waals surface area contributed by atoms with E-state index in [-0.39, 0.29) is 11.9 Å². The first-order chi connectivity index (χ1) is 13.2. The van der Waals surface area contributed by atoms with Crippen molar-refractivity contribution < 1.29 is 14.3 Å². The molecule has 2 saturated heterocycles. The number of thiophene rings is 1. The molecular formula is C20H23N3O3S. The molecule has 0 unspecified atom stereocenters. The summed E-state index contributed by atoms with van der Waals surface area (Å²) in [5, 5.41) is 6.77. The highest BCUT2D eigenvalue weighted by Gasteiger charge is 2.45. The zero-order valence-corrected chi connectivity index (χ0v) is 15.9. The monoisotopic (exact) mass is 385 g/mol. The van der Waals surface area contributed by atoms with E-state index in [1.54, 1.807) is 0 Å². The molecule has 0 bridgehead atoms. The van der Waals surface area contributed by atoms with E-state index in [1.807, 2.05) is 57.0 Å². The van der Waals surface area contributed by atoms with Crippen LogP contribution < -0.4 is 5.32 Å². The zero-order chi connectivity index (χ0) is 18.7. The van der Waals surface area contributed by atoms with E-state index in [1.165, 1.54) is 11.3 Å². The summed E-state index contributed by atoms with van der Waals surface area (Å²) in [4.78, 5) is 28.8. The van der Waals surface area contributed by atoms with Crippen molar-refractivity contribution >= 4 is 23.3 Å². The fourth-order valence-corrected chi connectivity index (χ4v) is 4.37. The van der Waals surface area contributed by atoms with Crippen LogP contribution in [0.3, 0.4) is 0 Å². The second-order valence-electron chi connectivity index (χ2n) is 7.09. The topological polar surface area (TPSA) is 61.9 Å². The molecule has 3 amide bonds. The Morgan fingerprint density at radius 1 is 1.11 bits per heavy atom. The lowest BCUT2D eigenvalue weighted by atomic mass is 10.0. The highest BCUT2D eigenvalue weighted by molar-refractivity contribution is 7.08. The normalized spacial score (nSPS) is 22.2. The van der Waals surface area contributed by atoms with Crippen LogP contribution in [0.4, 0.5) is 4.79 Å². The highest BCUT2D eigenvalue weighted by Crippen LogP contribution is 2.30. The summed E-state index contributed by atoms with van der Waals surface area (Å²) in [7, 11) is 0. The molecule has 142 valence electrons. The highest BCUT2D eigenvalue weighted by atomic mass is 32.1. The van der Waals surface area contributed by atoms with Gasteiger partial charge in [0.15, 0.2) is 0 Å². The molecule has 2 aromatic rings. The summed E-state index contributed by atoms with van der Waals surface area (Å²) in [5.74, 6) is 0.0439. The van der Waals surface area contributed by atoms with E-state index in [0.717, 1.165) is 17.5 Å². The standard InChI is InChI=1S/C20H23N3O3S/c24-18(17-6-11-27-13-17)22-8-7-20(14-22)15-23(9-10-26-20)19(25)21-12-16-4-2-1-3-5-16/h1-6,11,13H,7-10,12,14-15H2,(H,21,25)/t20-/m1/s1. The maximum atomic E-state index is 12.6. The summed E-state index contributed by atoms with van der Waals surface area (Å²) in [6.45, 7) is 3.28. The number of carbonyl (C=O) groups excluding carboxylic acids is 2. The fourth-order valence-electron chi connectivity index (χ4n) is 3.74. The predicted octanol–water partition coefficient (Wildman–Crippen LogP) is 2.57. The minimum absolute atomic E-state index is 0.0439. The van der Waals surface area contributed by atoms with Crippen molar-refractivity contribution in [2.24, 2.45) is 0 Å². The van der Waals surface area contributed by atoms with Gasteiger partial charge in [-0.05, 0) is 23.4 Å². The summed E-state index contributed by atoms with van der Waals surface area (Å²) in [6.07, 6.45) is 0.755. The molecule has 2 fully saturated rings. The SMILES string of the molecule is O=C(NCc1ccccc1)N1CCO[C@@]2(CCN(C(=O)c3ccsc3)C2)C1. The van der Waals surface area contributed by atoms with Crippen LogP contribution in [0.2, 0.25) is 0 Å². The molecule has 0 radical (unpaired) electrons. The van der Waals surface area contributed by atoms with Gasteiger partial charge in [0.25, 0.3) is 5.91 Å². The van der Waals surface area contributed by atoms with E-state index in [9.17, 15) is 9.59 Å². The smallest absolute Gasteiger partial charge is 0.317 e. The molecule has 7 heteroatoms. The number of amides is 3. The van der Waals surface area contributed by atoms with Gasteiger partial charge in [0.2, 0.25) is 0 Å². The largest absolute Gasteiger partial charge is 0.369 e. The molecule has 1 spiro atoms. The Kier molecular flexibility index (Phi) is 5.13. The van der Waals surface area contributed by atoms with E-state index in [2.05, 4.69) is 5.32 Å². The molecule has 1 atom stereocenters. The van der Waals surface area contributed by atoms with Gasteiger partial charge in [-0.2, -0.15) is 11.3 Å². The van der Waals surface area contributed by atoms with Gasteiger partial charge in [0.1, 0.15) is 5.60 Å². The van der Waals surface area contributed by atoms with Crippen LogP contribution in [0.1, 0.15) is 22.3 Å². The maximum Gasteiger partial charge on any atom is 0.317 e. The van der Waals surface area contributed by atoms with Crippen molar-refractivity contribution in [2.45, 2.75) is 18.6 Å². The van der Waals surface area contributed by atoms with Crippen molar-refractivity contribution in [1.29, 1.82) is 0 Å². The lowest BCUT2D eigenvalue weighted by Crippen LogP contribution is -2.57. The third-order valence-corrected chi connectivity index (χ3v) is 5.88. The predicted molar refractivity (Wildman–Crippen MR) is 104 cm³/mol. The number of nitrogens with one attached hydrogen (secondary N) is 1. The first-order valence-corrected chi connectivity index (χ1v) is 10.1. The Morgan fingerprint density at radius 3 is 2.70 bits per heavy atom. The van der Waals surface area contributed by atoms with Crippen LogP contribution in [-0.2, 0) is 11.3 Å². The number of benzene rings is 1. The number of urea groups is 1.